The van der Waals surface area contributed by atoms with Gasteiger partial charge in [-0.2, -0.15) is 13.2 Å². The minimum absolute atomic E-state index is 0.150. The largest absolute Gasteiger partial charge is 0.492 e. The van der Waals surface area contributed by atoms with Crippen LogP contribution in [0.2, 0.25) is 0 Å². The summed E-state index contributed by atoms with van der Waals surface area (Å²) in [6.45, 7) is 2.71. The zero-order valence-electron chi connectivity index (χ0n) is 21.0. The minimum atomic E-state index is -4.51. The summed E-state index contributed by atoms with van der Waals surface area (Å²) in [7, 11) is 0. The van der Waals surface area contributed by atoms with Crippen LogP contribution in [0.3, 0.4) is 0 Å². The van der Waals surface area contributed by atoms with E-state index in [9.17, 15) is 22.8 Å². The lowest BCUT2D eigenvalue weighted by atomic mass is 10.1. The van der Waals surface area contributed by atoms with Crippen LogP contribution in [0.25, 0.3) is 0 Å². The Balaban J connectivity index is 1.38. The van der Waals surface area contributed by atoms with E-state index < -0.39 is 18.6 Å². The van der Waals surface area contributed by atoms with E-state index in [0.29, 0.717) is 61.0 Å². The fourth-order valence-electron chi connectivity index (χ4n) is 3.85. The van der Waals surface area contributed by atoms with Crippen molar-refractivity contribution in [2.45, 2.75) is 13.1 Å². The van der Waals surface area contributed by atoms with Crippen LogP contribution in [0, 0.1) is 11.8 Å². The van der Waals surface area contributed by atoms with E-state index in [2.05, 4.69) is 27.0 Å². The molecule has 3 heterocycles. The van der Waals surface area contributed by atoms with Crippen molar-refractivity contribution in [1.29, 1.82) is 0 Å². The molecule has 4 rings (SSSR count). The average Bonchev–Trinajstić information content (AvgIpc) is 2.95. The maximum absolute atomic E-state index is 13.3. The molecule has 0 atom stereocenters. The number of alkyl halides is 3. The summed E-state index contributed by atoms with van der Waals surface area (Å²) in [5, 5.41) is 9.49. The van der Waals surface area contributed by atoms with Crippen molar-refractivity contribution in [2.24, 2.45) is 0 Å². The molecule has 3 aromatic rings. The molecule has 1 N–H and O–H groups in total. The second-order valence-electron chi connectivity index (χ2n) is 8.49. The Kier molecular flexibility index (Phi) is 8.60. The monoisotopic (exact) mass is 538 g/mol. The summed E-state index contributed by atoms with van der Waals surface area (Å²) in [5.74, 6) is 6.09. The number of aromatic nitrogens is 3. The first-order valence-corrected chi connectivity index (χ1v) is 12.2. The van der Waals surface area contributed by atoms with Gasteiger partial charge in [0.25, 0.3) is 11.8 Å². The fraction of sp³-hybridized carbons (Fsp3) is 0.296. The molecule has 0 bridgehead atoms. The van der Waals surface area contributed by atoms with Crippen molar-refractivity contribution in [2.75, 3.05) is 44.2 Å². The van der Waals surface area contributed by atoms with Crippen LogP contribution in [0.15, 0.2) is 54.9 Å². The number of rotatable bonds is 6. The maximum atomic E-state index is 13.3. The number of carbonyl (C=O) groups excluding carboxylic acids is 2. The number of hydrogen-bond donors (Lipinski definition) is 1. The van der Waals surface area contributed by atoms with Crippen LogP contribution in [-0.2, 0) is 0 Å². The highest BCUT2D eigenvalue weighted by atomic mass is 19.4. The summed E-state index contributed by atoms with van der Waals surface area (Å²) in [6, 6.07) is 11.8. The van der Waals surface area contributed by atoms with Gasteiger partial charge in [-0.3, -0.25) is 14.6 Å². The van der Waals surface area contributed by atoms with E-state index in [0.717, 1.165) is 0 Å². The number of benzene rings is 1. The molecule has 9 nitrogen and oxygen atoms in total. The van der Waals surface area contributed by atoms with Crippen molar-refractivity contribution >= 4 is 17.6 Å². The van der Waals surface area contributed by atoms with Crippen molar-refractivity contribution in [1.82, 2.24) is 25.4 Å². The first-order chi connectivity index (χ1) is 18.7. The predicted molar refractivity (Wildman–Crippen MR) is 136 cm³/mol. The highest BCUT2D eigenvalue weighted by molar-refractivity contribution is 5.97. The number of pyridine rings is 1. The summed E-state index contributed by atoms with van der Waals surface area (Å²) in [6.07, 6.45) is -1.27. The number of halogens is 3. The van der Waals surface area contributed by atoms with E-state index in [-0.39, 0.29) is 11.6 Å². The fourth-order valence-corrected chi connectivity index (χ4v) is 3.85. The number of piperazine rings is 1. The molecular weight excluding hydrogens is 513 g/mol. The minimum Gasteiger partial charge on any atom is -0.492 e. The Labute approximate surface area is 223 Å². The zero-order valence-corrected chi connectivity index (χ0v) is 21.0. The van der Waals surface area contributed by atoms with Crippen molar-refractivity contribution < 1.29 is 27.5 Å². The maximum Gasteiger partial charge on any atom is 0.405 e. The van der Waals surface area contributed by atoms with Gasteiger partial charge in [0, 0.05) is 43.5 Å². The third-order valence-electron chi connectivity index (χ3n) is 5.75. The lowest BCUT2D eigenvalue weighted by Gasteiger charge is -2.35. The molecule has 2 amide bonds. The van der Waals surface area contributed by atoms with Gasteiger partial charge >= 0.3 is 6.18 Å². The quantitative estimate of drug-likeness (QED) is 0.482. The molecule has 0 radical (unpaired) electrons. The average molecular weight is 539 g/mol. The van der Waals surface area contributed by atoms with Gasteiger partial charge in [-0.05, 0) is 37.3 Å². The molecule has 0 saturated carbocycles. The second kappa shape index (κ2) is 12.3. The first kappa shape index (κ1) is 27.4. The standard InChI is InChI=1S/C27H25F3N6O3/c1-2-39-21-15-19(16-31-17-21)7-8-20-5-3-4-6-22(20)26(38)36-13-11-35(12-14-36)24-10-9-23(33-34-24)25(37)32-18-27(28,29)30/h3-6,9-10,15-17H,2,11-14,18H2,1H3,(H,32,37). The van der Waals surface area contributed by atoms with Gasteiger partial charge in [0.1, 0.15) is 12.3 Å². The smallest absolute Gasteiger partial charge is 0.405 e. The Morgan fingerprint density at radius 2 is 1.79 bits per heavy atom. The molecular formula is C27H25F3N6O3. The molecule has 12 heteroatoms. The molecule has 1 fully saturated rings. The van der Waals surface area contributed by atoms with Gasteiger partial charge in [0.15, 0.2) is 11.5 Å². The van der Waals surface area contributed by atoms with E-state index in [1.807, 2.05) is 17.9 Å². The second-order valence-corrected chi connectivity index (χ2v) is 8.49. The van der Waals surface area contributed by atoms with Gasteiger partial charge < -0.3 is 19.9 Å². The van der Waals surface area contributed by atoms with Gasteiger partial charge in [-0.1, -0.05) is 24.0 Å². The number of nitrogens with zero attached hydrogens (tertiary/aromatic N) is 5. The number of amides is 2. The topological polar surface area (TPSA) is 101 Å². The Morgan fingerprint density at radius 3 is 2.49 bits per heavy atom. The molecule has 1 aliphatic heterocycles. The first-order valence-electron chi connectivity index (χ1n) is 12.2. The van der Waals surface area contributed by atoms with Crippen LogP contribution >= 0.6 is 0 Å². The predicted octanol–water partition coefficient (Wildman–Crippen LogP) is 2.92. The number of nitrogens with one attached hydrogen (secondary N) is 1. The van der Waals surface area contributed by atoms with Crippen molar-refractivity contribution in [3.8, 4) is 17.6 Å². The molecule has 1 saturated heterocycles. The lowest BCUT2D eigenvalue weighted by Crippen LogP contribution is -2.49. The molecule has 1 aromatic carbocycles. The lowest BCUT2D eigenvalue weighted by molar-refractivity contribution is -0.123. The van der Waals surface area contributed by atoms with Crippen molar-refractivity contribution in [3.05, 3.63) is 77.2 Å². The van der Waals surface area contributed by atoms with E-state index in [1.165, 1.54) is 12.1 Å². The van der Waals surface area contributed by atoms with Gasteiger partial charge in [0.2, 0.25) is 0 Å². The number of carbonyl (C=O) groups is 2. The zero-order chi connectivity index (χ0) is 27.8. The van der Waals surface area contributed by atoms with Crippen molar-refractivity contribution in [3.63, 3.8) is 0 Å². The molecule has 1 aliphatic rings. The van der Waals surface area contributed by atoms with Gasteiger partial charge in [-0.25, -0.2) is 0 Å². The number of hydrogen-bond acceptors (Lipinski definition) is 7. The molecule has 202 valence electrons. The summed E-state index contributed by atoms with van der Waals surface area (Å²) in [5.41, 5.74) is 1.54. The summed E-state index contributed by atoms with van der Waals surface area (Å²) >= 11 is 0. The van der Waals surface area contributed by atoms with Gasteiger partial charge in [0.05, 0.1) is 18.4 Å². The Morgan fingerprint density at radius 1 is 1.03 bits per heavy atom. The summed E-state index contributed by atoms with van der Waals surface area (Å²) in [4.78, 5) is 32.9. The Hall–Kier alpha value is -4.66. The SMILES string of the molecule is CCOc1cncc(C#Cc2ccccc2C(=O)N2CCN(c3ccc(C(=O)NCC(F)(F)F)nn3)CC2)c1. The molecule has 2 aromatic heterocycles. The van der Waals surface area contributed by atoms with Crippen LogP contribution in [0.1, 0.15) is 38.9 Å². The van der Waals surface area contributed by atoms with Crippen LogP contribution in [0.4, 0.5) is 19.0 Å². The van der Waals surface area contributed by atoms with E-state index >= 15 is 0 Å². The molecule has 39 heavy (non-hydrogen) atoms. The highest BCUT2D eigenvalue weighted by Crippen LogP contribution is 2.18. The number of anilines is 1. The highest BCUT2D eigenvalue weighted by Gasteiger charge is 2.28. The van der Waals surface area contributed by atoms with Crippen LogP contribution in [0.5, 0.6) is 5.75 Å². The van der Waals surface area contributed by atoms with Crippen LogP contribution < -0.4 is 15.0 Å². The Bertz CT molecular complexity index is 1380. The van der Waals surface area contributed by atoms with Crippen LogP contribution in [-0.4, -0.2) is 77.4 Å². The normalized spacial score (nSPS) is 13.3. The van der Waals surface area contributed by atoms with E-state index in [1.54, 1.807) is 46.9 Å². The molecule has 0 aliphatic carbocycles. The van der Waals surface area contributed by atoms with Gasteiger partial charge in [-0.15, -0.1) is 10.2 Å². The van der Waals surface area contributed by atoms with E-state index in [4.69, 9.17) is 4.74 Å². The summed E-state index contributed by atoms with van der Waals surface area (Å²) < 4.78 is 42.4. The molecule has 0 spiro atoms. The number of ether oxygens (including phenoxy) is 1. The third-order valence-corrected chi connectivity index (χ3v) is 5.75. The third kappa shape index (κ3) is 7.44. The molecule has 0 unspecified atom stereocenters.